The van der Waals surface area contributed by atoms with Crippen LogP contribution in [0.1, 0.15) is 17.0 Å². The van der Waals surface area contributed by atoms with Crippen LogP contribution in [0.25, 0.3) is 0 Å². The quantitative estimate of drug-likeness (QED) is 0.890. The molecule has 0 unspecified atom stereocenters. The Hall–Kier alpha value is -2.41. The summed E-state index contributed by atoms with van der Waals surface area (Å²) in [6.45, 7) is 0.132. The van der Waals surface area contributed by atoms with Gasteiger partial charge < -0.3 is 4.74 Å². The van der Waals surface area contributed by atoms with Crippen LogP contribution in [-0.2, 0) is 21.2 Å². The fourth-order valence-corrected chi connectivity index (χ4v) is 5.99. The summed E-state index contributed by atoms with van der Waals surface area (Å²) in [4.78, 5) is 11.8. The Bertz CT molecular complexity index is 927. The number of carbonyl (C=O) groups excluding carboxylic acids is 1. The van der Waals surface area contributed by atoms with Crippen molar-refractivity contribution >= 4 is 21.6 Å². The number of amides is 1. The maximum absolute atomic E-state index is 14.4. The first-order valence-corrected chi connectivity index (χ1v) is 10.2. The predicted octanol–water partition coefficient (Wildman–Crippen LogP) is 3.33. The zero-order chi connectivity index (χ0) is 18.3. The third-order valence-electron chi connectivity index (χ3n) is 5.04. The van der Waals surface area contributed by atoms with Gasteiger partial charge in [-0.15, -0.1) is 0 Å². The van der Waals surface area contributed by atoms with Crippen molar-refractivity contribution in [1.82, 2.24) is 0 Å². The molecule has 4 rings (SSSR count). The molecule has 0 bridgehead atoms. The summed E-state index contributed by atoms with van der Waals surface area (Å²) in [5, 5.41) is 2.51. The van der Waals surface area contributed by atoms with Gasteiger partial charge >= 0.3 is 6.09 Å². The van der Waals surface area contributed by atoms with E-state index in [0.717, 1.165) is 5.56 Å². The van der Waals surface area contributed by atoms with Gasteiger partial charge in [0.25, 0.3) is 0 Å². The van der Waals surface area contributed by atoms with Crippen molar-refractivity contribution < 1.29 is 22.3 Å². The van der Waals surface area contributed by atoms with E-state index in [1.54, 1.807) is 12.1 Å². The second kappa shape index (κ2) is 6.39. The topological polar surface area (TPSA) is 72.5 Å². The molecule has 1 N–H and O–H groups in total. The van der Waals surface area contributed by atoms with Gasteiger partial charge in [0.2, 0.25) is 0 Å². The second-order valence-corrected chi connectivity index (χ2v) is 9.01. The van der Waals surface area contributed by atoms with E-state index in [1.807, 2.05) is 30.3 Å². The van der Waals surface area contributed by atoms with Crippen molar-refractivity contribution in [2.24, 2.45) is 11.8 Å². The molecule has 0 aromatic heterocycles. The van der Waals surface area contributed by atoms with Crippen LogP contribution in [0.3, 0.4) is 0 Å². The molecule has 1 saturated carbocycles. The lowest BCUT2D eigenvalue weighted by Crippen LogP contribution is -2.14. The van der Waals surface area contributed by atoms with E-state index in [4.69, 9.17) is 4.74 Å². The summed E-state index contributed by atoms with van der Waals surface area (Å²) in [7, 11) is -2.95. The third-order valence-corrected chi connectivity index (χ3v) is 6.83. The average molecular weight is 375 g/mol. The molecule has 1 aliphatic heterocycles. The largest absolute Gasteiger partial charge is 0.444 e. The SMILES string of the molecule is O=C(Nc1ccc([C@H]2[C@@H]3CS(=O)(=O)C[C@@H]32)c(F)c1)OCc1ccccc1. The third kappa shape index (κ3) is 3.44. The van der Waals surface area contributed by atoms with Crippen LogP contribution in [0.5, 0.6) is 0 Å². The Kier molecular flexibility index (Phi) is 4.19. The molecule has 7 heteroatoms. The molecule has 1 amide bonds. The fraction of sp³-hybridized carbons (Fsp3) is 0.316. The van der Waals surface area contributed by atoms with Crippen molar-refractivity contribution in [3.63, 3.8) is 0 Å². The molecule has 0 spiro atoms. The van der Waals surface area contributed by atoms with Crippen LogP contribution in [0.2, 0.25) is 0 Å². The van der Waals surface area contributed by atoms with Crippen molar-refractivity contribution in [1.29, 1.82) is 0 Å². The van der Waals surface area contributed by atoms with Gasteiger partial charge in [0.1, 0.15) is 12.4 Å². The van der Waals surface area contributed by atoms with E-state index in [2.05, 4.69) is 5.32 Å². The van der Waals surface area contributed by atoms with E-state index >= 15 is 0 Å². The first-order valence-electron chi connectivity index (χ1n) is 8.40. The molecule has 0 radical (unpaired) electrons. The predicted molar refractivity (Wildman–Crippen MR) is 95.0 cm³/mol. The van der Waals surface area contributed by atoms with Gasteiger partial charge in [-0.1, -0.05) is 36.4 Å². The Balaban J connectivity index is 1.36. The number of rotatable bonds is 4. The van der Waals surface area contributed by atoms with Gasteiger partial charge in [-0.2, -0.15) is 0 Å². The van der Waals surface area contributed by atoms with Crippen molar-refractivity contribution in [2.75, 3.05) is 16.8 Å². The number of benzene rings is 2. The second-order valence-electron chi connectivity index (χ2n) is 6.85. The summed E-state index contributed by atoms with van der Waals surface area (Å²) < 4.78 is 42.5. The van der Waals surface area contributed by atoms with Crippen LogP contribution < -0.4 is 5.32 Å². The summed E-state index contributed by atoms with van der Waals surface area (Å²) in [6, 6.07) is 13.7. The number of carbonyl (C=O) groups is 1. The van der Waals surface area contributed by atoms with Crippen LogP contribution >= 0.6 is 0 Å². The van der Waals surface area contributed by atoms with Gasteiger partial charge in [-0.3, -0.25) is 5.32 Å². The number of sulfone groups is 1. The fourth-order valence-electron chi connectivity index (χ4n) is 3.77. The Labute approximate surface area is 151 Å². The van der Waals surface area contributed by atoms with Crippen molar-refractivity contribution in [3.05, 3.63) is 65.5 Å². The number of anilines is 1. The number of fused-ring (bicyclic) bond motifs is 1. The molecular weight excluding hydrogens is 357 g/mol. The standard InChI is InChI=1S/C19H18FNO4S/c20-17-8-13(21-19(22)25-9-12-4-2-1-3-5-12)6-7-14(17)18-15-10-26(23,24)11-16(15)18/h1-8,15-16,18H,9-11H2,(H,21,22)/t15-,16+,18+. The van der Waals surface area contributed by atoms with Crippen LogP contribution in [-0.4, -0.2) is 26.0 Å². The molecule has 5 nitrogen and oxygen atoms in total. The first-order chi connectivity index (χ1) is 12.4. The van der Waals surface area contributed by atoms with Crippen LogP contribution in [0, 0.1) is 17.7 Å². The molecule has 3 atom stereocenters. The minimum absolute atomic E-state index is 0.0300. The Morgan fingerprint density at radius 1 is 1.12 bits per heavy atom. The maximum atomic E-state index is 14.4. The summed E-state index contributed by atoms with van der Waals surface area (Å²) in [6.07, 6.45) is -0.657. The van der Waals surface area contributed by atoms with Gasteiger partial charge in [0, 0.05) is 5.69 Å². The molecule has 2 fully saturated rings. The molecule has 2 aromatic carbocycles. The number of hydrogen-bond donors (Lipinski definition) is 1. The van der Waals surface area contributed by atoms with E-state index in [9.17, 15) is 17.6 Å². The smallest absolute Gasteiger partial charge is 0.411 e. The lowest BCUT2D eigenvalue weighted by molar-refractivity contribution is 0.155. The van der Waals surface area contributed by atoms with Gasteiger partial charge in [-0.25, -0.2) is 17.6 Å². The highest BCUT2D eigenvalue weighted by atomic mass is 32.2. The number of ether oxygens (including phenoxy) is 1. The Morgan fingerprint density at radius 3 is 2.46 bits per heavy atom. The van der Waals surface area contributed by atoms with Crippen LogP contribution in [0.4, 0.5) is 14.9 Å². The highest BCUT2D eigenvalue weighted by molar-refractivity contribution is 7.91. The first kappa shape index (κ1) is 17.0. The minimum atomic E-state index is -2.95. The van der Waals surface area contributed by atoms with E-state index < -0.39 is 21.7 Å². The zero-order valence-corrected chi connectivity index (χ0v) is 14.7. The maximum Gasteiger partial charge on any atom is 0.411 e. The van der Waals surface area contributed by atoms with Crippen molar-refractivity contribution in [3.8, 4) is 0 Å². The van der Waals surface area contributed by atoms with Crippen LogP contribution in [0.15, 0.2) is 48.5 Å². The Morgan fingerprint density at radius 2 is 1.81 bits per heavy atom. The molecule has 26 heavy (non-hydrogen) atoms. The van der Waals surface area contributed by atoms with Gasteiger partial charge in [-0.05, 0) is 41.0 Å². The number of hydrogen-bond acceptors (Lipinski definition) is 4. The van der Waals surface area contributed by atoms with E-state index in [1.165, 1.54) is 6.07 Å². The normalized spacial score (nSPS) is 25.3. The summed E-state index contributed by atoms with van der Waals surface area (Å²) in [5.74, 6) is -0.102. The zero-order valence-electron chi connectivity index (χ0n) is 13.9. The highest BCUT2D eigenvalue weighted by Crippen LogP contribution is 2.59. The monoisotopic (exact) mass is 375 g/mol. The minimum Gasteiger partial charge on any atom is -0.444 e. The average Bonchev–Trinajstić information content (AvgIpc) is 3.11. The molecule has 136 valence electrons. The molecule has 2 aromatic rings. The molecule has 2 aliphatic rings. The molecule has 1 saturated heterocycles. The van der Waals surface area contributed by atoms with Gasteiger partial charge in [0.15, 0.2) is 9.84 Å². The van der Waals surface area contributed by atoms with E-state index in [0.29, 0.717) is 11.3 Å². The number of halogens is 1. The molecule has 1 heterocycles. The lowest BCUT2D eigenvalue weighted by Gasteiger charge is -2.10. The summed E-state index contributed by atoms with van der Waals surface area (Å²) in [5.41, 5.74) is 1.69. The number of nitrogens with one attached hydrogen (secondary N) is 1. The summed E-state index contributed by atoms with van der Waals surface area (Å²) >= 11 is 0. The van der Waals surface area contributed by atoms with Gasteiger partial charge in [0.05, 0.1) is 11.5 Å². The van der Waals surface area contributed by atoms with E-state index in [-0.39, 0.29) is 35.9 Å². The lowest BCUT2D eigenvalue weighted by atomic mass is 10.1. The van der Waals surface area contributed by atoms with Crippen molar-refractivity contribution in [2.45, 2.75) is 12.5 Å². The molecule has 1 aliphatic carbocycles. The highest BCUT2D eigenvalue weighted by Gasteiger charge is 2.59. The molecular formula is C19H18FNO4S.